The van der Waals surface area contributed by atoms with Gasteiger partial charge in [-0.2, -0.15) is 0 Å². The van der Waals surface area contributed by atoms with Gasteiger partial charge in [0.1, 0.15) is 0 Å². The Hall–Kier alpha value is -3.47. The number of hydrogen-bond donors (Lipinski definition) is 1. The molecule has 0 radical (unpaired) electrons. The molecule has 1 amide bonds. The van der Waals surface area contributed by atoms with E-state index in [1.54, 1.807) is 0 Å². The lowest BCUT2D eigenvalue weighted by atomic mass is 9.95. The summed E-state index contributed by atoms with van der Waals surface area (Å²) in [5.41, 5.74) is 12.3. The predicted molar refractivity (Wildman–Crippen MR) is 151 cm³/mol. The Bertz CT molecular complexity index is 1380. The number of aryl methyl sites for hydroxylation is 1. The maximum Gasteiger partial charge on any atom is 0.254 e. The fraction of sp³-hybridized carbons (Fsp3) is 0.226. The molecule has 4 nitrogen and oxygen atoms in total. The van der Waals surface area contributed by atoms with E-state index in [1.807, 2.05) is 91.6 Å². The van der Waals surface area contributed by atoms with Crippen LogP contribution in [0.2, 0.25) is 5.02 Å². The highest BCUT2D eigenvalue weighted by atomic mass is 35.5. The van der Waals surface area contributed by atoms with Crippen molar-refractivity contribution >= 4 is 40.6 Å². The Morgan fingerprint density at radius 3 is 2.56 bits per heavy atom. The molecule has 0 bridgehead atoms. The van der Waals surface area contributed by atoms with E-state index in [-0.39, 0.29) is 11.9 Å². The number of amides is 1. The Labute approximate surface area is 218 Å². The number of carbonyl (C=O) groups is 1. The standard InChI is InChI=1S/C31H32ClN3O/c1-3-35(4-2)31(36)28-11-6-5-9-23(28)15-19-29(33)25-10-7-8-22(20-25)12-17-27-18-14-24-13-16-26(32)21-30(24)34-27/h5-14,16-18,20-21,29H,3-4,15,19,33H2,1-2H3/b17-12+. The lowest BCUT2D eigenvalue weighted by Gasteiger charge is -2.21. The van der Waals surface area contributed by atoms with Gasteiger partial charge in [0.25, 0.3) is 5.91 Å². The smallest absolute Gasteiger partial charge is 0.254 e. The van der Waals surface area contributed by atoms with Crippen molar-refractivity contribution in [2.45, 2.75) is 32.7 Å². The Kier molecular flexibility index (Phi) is 8.52. The molecule has 1 atom stereocenters. The minimum atomic E-state index is -0.129. The van der Waals surface area contributed by atoms with Crippen molar-refractivity contribution in [2.24, 2.45) is 5.73 Å². The van der Waals surface area contributed by atoms with Gasteiger partial charge >= 0.3 is 0 Å². The van der Waals surface area contributed by atoms with Crippen molar-refractivity contribution < 1.29 is 4.79 Å². The van der Waals surface area contributed by atoms with Crippen molar-refractivity contribution in [2.75, 3.05) is 13.1 Å². The van der Waals surface area contributed by atoms with E-state index in [4.69, 9.17) is 22.3 Å². The van der Waals surface area contributed by atoms with Gasteiger partial charge in [0, 0.05) is 35.1 Å². The molecule has 4 rings (SSSR count). The largest absolute Gasteiger partial charge is 0.339 e. The first-order valence-corrected chi connectivity index (χ1v) is 12.8. The average Bonchev–Trinajstić information content (AvgIpc) is 2.91. The summed E-state index contributed by atoms with van der Waals surface area (Å²) in [6.07, 6.45) is 5.55. The summed E-state index contributed by atoms with van der Waals surface area (Å²) in [6, 6.07) is 25.8. The second-order valence-corrected chi connectivity index (χ2v) is 9.29. The molecule has 0 saturated heterocycles. The third-order valence-electron chi connectivity index (χ3n) is 6.48. The molecule has 1 unspecified atom stereocenters. The molecule has 36 heavy (non-hydrogen) atoms. The summed E-state index contributed by atoms with van der Waals surface area (Å²) in [4.78, 5) is 19.5. The van der Waals surface area contributed by atoms with Crippen LogP contribution in [-0.4, -0.2) is 28.9 Å². The molecule has 0 fully saturated rings. The number of aromatic nitrogens is 1. The van der Waals surface area contributed by atoms with Crippen LogP contribution in [0, 0.1) is 0 Å². The molecule has 2 N–H and O–H groups in total. The molecule has 3 aromatic carbocycles. The number of hydrogen-bond acceptors (Lipinski definition) is 3. The first-order chi connectivity index (χ1) is 17.5. The zero-order chi connectivity index (χ0) is 25.5. The molecule has 4 aromatic rings. The van der Waals surface area contributed by atoms with Crippen LogP contribution in [0.15, 0.2) is 78.9 Å². The van der Waals surface area contributed by atoms with Gasteiger partial charge < -0.3 is 10.6 Å². The number of nitrogens with two attached hydrogens (primary N) is 1. The van der Waals surface area contributed by atoms with Crippen LogP contribution in [0.1, 0.15) is 59.1 Å². The van der Waals surface area contributed by atoms with Gasteiger partial charge in [-0.3, -0.25) is 4.79 Å². The van der Waals surface area contributed by atoms with Crippen molar-refractivity contribution in [3.8, 4) is 0 Å². The topological polar surface area (TPSA) is 59.2 Å². The molecule has 0 aliphatic heterocycles. The van der Waals surface area contributed by atoms with Crippen LogP contribution < -0.4 is 5.73 Å². The molecule has 1 heterocycles. The van der Waals surface area contributed by atoms with Crippen LogP contribution in [0.4, 0.5) is 0 Å². The molecule has 0 aliphatic rings. The van der Waals surface area contributed by atoms with Gasteiger partial charge in [0.05, 0.1) is 11.2 Å². The van der Waals surface area contributed by atoms with Gasteiger partial charge in [-0.15, -0.1) is 0 Å². The fourth-order valence-electron chi connectivity index (χ4n) is 4.38. The summed E-state index contributed by atoms with van der Waals surface area (Å²) in [7, 11) is 0. The molecule has 0 saturated carbocycles. The minimum Gasteiger partial charge on any atom is -0.339 e. The first-order valence-electron chi connectivity index (χ1n) is 12.5. The second-order valence-electron chi connectivity index (χ2n) is 8.86. The van der Waals surface area contributed by atoms with E-state index >= 15 is 0 Å². The summed E-state index contributed by atoms with van der Waals surface area (Å²) in [5.74, 6) is 0.0841. The van der Waals surface area contributed by atoms with E-state index in [0.29, 0.717) is 18.1 Å². The summed E-state index contributed by atoms with van der Waals surface area (Å²) in [6.45, 7) is 5.41. The molecule has 1 aromatic heterocycles. The minimum absolute atomic E-state index is 0.0841. The van der Waals surface area contributed by atoms with E-state index in [2.05, 4.69) is 18.2 Å². The van der Waals surface area contributed by atoms with Crippen LogP contribution in [0.5, 0.6) is 0 Å². The van der Waals surface area contributed by atoms with Crippen molar-refractivity contribution in [1.82, 2.24) is 9.88 Å². The van der Waals surface area contributed by atoms with Crippen molar-refractivity contribution in [3.05, 3.63) is 112 Å². The molecule has 184 valence electrons. The number of halogens is 1. The van der Waals surface area contributed by atoms with Crippen molar-refractivity contribution in [3.63, 3.8) is 0 Å². The SMILES string of the molecule is CCN(CC)C(=O)c1ccccc1CCC(N)c1cccc(/C=C/c2ccc3ccc(Cl)cc3n2)c1. The maximum atomic E-state index is 12.9. The highest BCUT2D eigenvalue weighted by Crippen LogP contribution is 2.22. The number of carbonyl (C=O) groups excluding carboxylic acids is 1. The predicted octanol–water partition coefficient (Wildman–Crippen LogP) is 7.17. The third-order valence-corrected chi connectivity index (χ3v) is 6.72. The number of benzene rings is 3. The molecular weight excluding hydrogens is 466 g/mol. The van der Waals surface area contributed by atoms with Crippen LogP contribution in [-0.2, 0) is 6.42 Å². The quantitative estimate of drug-likeness (QED) is 0.266. The van der Waals surface area contributed by atoms with E-state index in [1.165, 1.54) is 0 Å². The number of nitrogens with zero attached hydrogens (tertiary/aromatic N) is 2. The van der Waals surface area contributed by atoms with Gasteiger partial charge in [0.15, 0.2) is 0 Å². The first kappa shape index (κ1) is 25.6. The Balaban J connectivity index is 1.45. The number of rotatable bonds is 9. The normalized spacial score (nSPS) is 12.2. The molecule has 5 heteroatoms. The lowest BCUT2D eigenvalue weighted by Crippen LogP contribution is -2.31. The van der Waals surface area contributed by atoms with Crippen LogP contribution >= 0.6 is 11.6 Å². The average molecular weight is 498 g/mol. The van der Waals surface area contributed by atoms with Gasteiger partial charge in [-0.05, 0) is 73.7 Å². The van der Waals surface area contributed by atoms with E-state index in [9.17, 15) is 4.79 Å². The zero-order valence-electron chi connectivity index (χ0n) is 20.8. The Morgan fingerprint density at radius 2 is 1.75 bits per heavy atom. The van der Waals surface area contributed by atoms with Gasteiger partial charge in [-0.25, -0.2) is 4.98 Å². The Morgan fingerprint density at radius 1 is 0.972 bits per heavy atom. The highest BCUT2D eigenvalue weighted by Gasteiger charge is 2.17. The number of pyridine rings is 1. The number of fused-ring (bicyclic) bond motifs is 1. The highest BCUT2D eigenvalue weighted by molar-refractivity contribution is 6.31. The third kappa shape index (κ3) is 6.20. The fourth-order valence-corrected chi connectivity index (χ4v) is 4.55. The molecular formula is C31H32ClN3O. The maximum absolute atomic E-state index is 12.9. The van der Waals surface area contributed by atoms with Crippen LogP contribution in [0.3, 0.4) is 0 Å². The van der Waals surface area contributed by atoms with Crippen LogP contribution in [0.25, 0.3) is 23.1 Å². The second kappa shape index (κ2) is 12.0. The van der Waals surface area contributed by atoms with E-state index < -0.39 is 0 Å². The monoisotopic (exact) mass is 497 g/mol. The molecule has 0 spiro atoms. The van der Waals surface area contributed by atoms with Gasteiger partial charge in [-0.1, -0.05) is 72.3 Å². The molecule has 0 aliphatic carbocycles. The van der Waals surface area contributed by atoms with E-state index in [0.717, 1.165) is 51.7 Å². The summed E-state index contributed by atoms with van der Waals surface area (Å²) in [5, 5.41) is 1.74. The summed E-state index contributed by atoms with van der Waals surface area (Å²) < 4.78 is 0. The lowest BCUT2D eigenvalue weighted by molar-refractivity contribution is 0.0772. The van der Waals surface area contributed by atoms with Gasteiger partial charge in [0.2, 0.25) is 0 Å². The van der Waals surface area contributed by atoms with Crippen molar-refractivity contribution in [1.29, 1.82) is 0 Å². The zero-order valence-corrected chi connectivity index (χ0v) is 21.6. The summed E-state index contributed by atoms with van der Waals surface area (Å²) >= 11 is 6.12.